The number of carbonyl (C=O) groups excluding carboxylic acids is 2. The molecule has 37 heavy (non-hydrogen) atoms. The smallest absolute Gasteiger partial charge is 0.408 e. The zero-order valence-corrected chi connectivity index (χ0v) is 23.3. The van der Waals surface area contributed by atoms with E-state index in [9.17, 15) is 9.59 Å². The Hall–Kier alpha value is -3.30. The van der Waals surface area contributed by atoms with Crippen molar-refractivity contribution in [2.45, 2.75) is 59.1 Å². The fourth-order valence-electron chi connectivity index (χ4n) is 4.55. The summed E-state index contributed by atoms with van der Waals surface area (Å²) in [5.41, 5.74) is -0.671. The Morgan fingerprint density at radius 3 is 1.57 bits per heavy atom. The van der Waals surface area contributed by atoms with Gasteiger partial charge >= 0.3 is 12.1 Å². The number of nitrogens with one attached hydrogen (secondary N) is 1. The third-order valence-corrected chi connectivity index (χ3v) is 10.3. The Morgan fingerprint density at radius 1 is 0.784 bits per heavy atom. The molecule has 5 nitrogen and oxygen atoms in total. The van der Waals surface area contributed by atoms with Crippen LogP contribution in [0.2, 0.25) is 0 Å². The monoisotopic (exact) mass is 519 g/mol. The van der Waals surface area contributed by atoms with Crippen molar-refractivity contribution in [2.75, 3.05) is 6.61 Å². The van der Waals surface area contributed by atoms with E-state index in [-0.39, 0.29) is 6.61 Å². The van der Waals surface area contributed by atoms with Gasteiger partial charge in [-0.3, -0.25) is 0 Å². The summed E-state index contributed by atoms with van der Waals surface area (Å²) in [5.74, 6) is -0.401. The summed E-state index contributed by atoms with van der Waals surface area (Å²) < 4.78 is 11.4. The number of carbonyl (C=O) groups is 2. The van der Waals surface area contributed by atoms with Crippen molar-refractivity contribution in [3.05, 3.63) is 91.0 Å². The first kappa shape index (κ1) is 28.3. The lowest BCUT2D eigenvalue weighted by Crippen LogP contribution is -2.49. The van der Waals surface area contributed by atoms with Gasteiger partial charge in [0.25, 0.3) is 0 Å². The zero-order chi connectivity index (χ0) is 26.9. The molecule has 0 aliphatic carbocycles. The molecule has 0 saturated carbocycles. The summed E-state index contributed by atoms with van der Waals surface area (Å²) in [6.45, 7) is 6.78. The van der Waals surface area contributed by atoms with Crippen molar-refractivity contribution < 1.29 is 19.1 Å². The van der Waals surface area contributed by atoms with Crippen LogP contribution in [-0.2, 0) is 14.3 Å². The number of alkyl carbamates (subject to hydrolysis) is 1. The Bertz CT molecular complexity index is 1110. The van der Waals surface area contributed by atoms with Gasteiger partial charge in [-0.15, -0.1) is 0 Å². The van der Waals surface area contributed by atoms with Gasteiger partial charge in [-0.05, 0) is 56.9 Å². The Kier molecular flexibility index (Phi) is 9.77. The summed E-state index contributed by atoms with van der Waals surface area (Å²) in [7, 11) is 0. The largest absolute Gasteiger partial charge is 0.463 e. The molecular weight excluding hydrogens is 481 g/mol. The summed E-state index contributed by atoms with van der Waals surface area (Å²) in [5, 5.41) is 6.67. The zero-order valence-electron chi connectivity index (χ0n) is 22.4. The normalized spacial score (nSPS) is 12.4. The Balaban J connectivity index is 2.51. The van der Waals surface area contributed by atoms with Crippen LogP contribution >= 0.6 is 6.89 Å². The van der Waals surface area contributed by atoms with Crippen LogP contribution in [0.4, 0.5) is 4.79 Å². The lowest BCUT2D eigenvalue weighted by molar-refractivity contribution is -0.135. The molecule has 0 aliphatic heterocycles. The topological polar surface area (TPSA) is 64.6 Å². The van der Waals surface area contributed by atoms with Gasteiger partial charge in [-0.1, -0.05) is 104 Å². The summed E-state index contributed by atoms with van der Waals surface area (Å²) in [6.07, 6.45) is 0.753. The standard InChI is InChI=1S/C31H38NO4P/c1-6-17-27(32-30(34)36-31(3,4)5)28(29(33)35-7-2)37(24-18-11-8-12-19-24,25-20-13-9-14-21-25)26-22-15-10-16-23-26/h8-16,18-23,27H,6-7,17H2,1-5H3,(H,32,34)/t27-/m1/s1. The maximum Gasteiger partial charge on any atom is 0.408 e. The van der Waals surface area contributed by atoms with Gasteiger partial charge in [0.05, 0.1) is 17.9 Å². The maximum absolute atomic E-state index is 14.1. The minimum absolute atomic E-state index is 0.228. The highest BCUT2D eigenvalue weighted by atomic mass is 31.2. The van der Waals surface area contributed by atoms with E-state index in [1.54, 1.807) is 6.92 Å². The van der Waals surface area contributed by atoms with E-state index in [2.05, 4.69) is 41.7 Å². The molecule has 6 heteroatoms. The predicted octanol–water partition coefficient (Wildman–Crippen LogP) is 5.41. The molecule has 0 bridgehead atoms. The van der Waals surface area contributed by atoms with Crippen molar-refractivity contribution in [1.82, 2.24) is 5.32 Å². The van der Waals surface area contributed by atoms with E-state index in [1.165, 1.54) is 0 Å². The second-order valence-electron chi connectivity index (χ2n) is 9.77. The molecule has 0 fully saturated rings. The maximum atomic E-state index is 14.1. The van der Waals surface area contributed by atoms with Gasteiger partial charge < -0.3 is 14.8 Å². The molecule has 0 aliphatic rings. The number of hydrogen-bond acceptors (Lipinski definition) is 4. The number of esters is 1. The molecule has 3 rings (SSSR count). The highest BCUT2D eigenvalue weighted by Gasteiger charge is 2.38. The van der Waals surface area contributed by atoms with Crippen molar-refractivity contribution in [3.63, 3.8) is 0 Å². The SMILES string of the molecule is CCC[C@@H](NC(=O)OC(C)(C)C)C(C(=O)OCC)=P(c1ccccc1)(c1ccccc1)c1ccccc1. The van der Waals surface area contributed by atoms with Crippen LogP contribution in [0.5, 0.6) is 0 Å². The number of rotatable bonds is 9. The fourth-order valence-corrected chi connectivity index (χ4v) is 9.14. The van der Waals surface area contributed by atoms with Crippen LogP contribution < -0.4 is 21.2 Å². The first-order valence-electron chi connectivity index (χ1n) is 12.8. The summed E-state index contributed by atoms with van der Waals surface area (Å²) in [4.78, 5) is 27.1. The Morgan fingerprint density at radius 2 is 1.22 bits per heavy atom. The molecule has 3 aromatic carbocycles. The van der Waals surface area contributed by atoms with Gasteiger partial charge in [-0.25, -0.2) is 9.59 Å². The molecular formula is C31H38NO4P. The van der Waals surface area contributed by atoms with Crippen molar-refractivity contribution >= 4 is 40.2 Å². The van der Waals surface area contributed by atoms with Crippen LogP contribution in [0.15, 0.2) is 91.0 Å². The molecule has 0 saturated heterocycles. The highest BCUT2D eigenvalue weighted by molar-refractivity contribution is 7.96. The molecule has 0 heterocycles. The summed E-state index contributed by atoms with van der Waals surface area (Å²) >= 11 is 0. The quantitative estimate of drug-likeness (QED) is 0.303. The fraction of sp³-hybridized carbons (Fsp3) is 0.323. The lowest BCUT2D eigenvalue weighted by atomic mass is 10.1. The lowest BCUT2D eigenvalue weighted by Gasteiger charge is -2.35. The third-order valence-electron chi connectivity index (χ3n) is 5.87. The van der Waals surface area contributed by atoms with Crippen LogP contribution in [-0.4, -0.2) is 35.6 Å². The van der Waals surface area contributed by atoms with Crippen LogP contribution in [0, 0.1) is 0 Å². The van der Waals surface area contributed by atoms with Gasteiger partial charge in [0, 0.05) is 0 Å². The molecule has 0 spiro atoms. The first-order valence-corrected chi connectivity index (χ1v) is 14.6. The molecule has 3 aromatic rings. The van der Waals surface area contributed by atoms with Crippen molar-refractivity contribution in [1.29, 1.82) is 0 Å². The van der Waals surface area contributed by atoms with Gasteiger partial charge in [0.1, 0.15) is 5.60 Å². The van der Waals surface area contributed by atoms with Gasteiger partial charge in [-0.2, -0.15) is 0 Å². The van der Waals surface area contributed by atoms with Crippen LogP contribution in [0.1, 0.15) is 47.5 Å². The van der Waals surface area contributed by atoms with E-state index in [4.69, 9.17) is 9.47 Å². The predicted molar refractivity (Wildman–Crippen MR) is 155 cm³/mol. The van der Waals surface area contributed by atoms with E-state index >= 15 is 0 Å². The molecule has 196 valence electrons. The number of benzene rings is 3. The van der Waals surface area contributed by atoms with E-state index < -0.39 is 30.6 Å². The molecule has 0 aromatic heterocycles. The number of amides is 1. The minimum Gasteiger partial charge on any atom is -0.463 e. The number of ether oxygens (including phenoxy) is 2. The summed E-state index contributed by atoms with van der Waals surface area (Å²) in [6, 6.07) is 29.7. The second-order valence-corrected chi connectivity index (χ2v) is 13.1. The average Bonchev–Trinajstić information content (AvgIpc) is 2.87. The second kappa shape index (κ2) is 12.8. The van der Waals surface area contributed by atoms with E-state index in [1.807, 2.05) is 82.3 Å². The van der Waals surface area contributed by atoms with Crippen molar-refractivity contribution in [3.8, 4) is 0 Å². The van der Waals surface area contributed by atoms with Crippen LogP contribution in [0.3, 0.4) is 0 Å². The van der Waals surface area contributed by atoms with E-state index in [0.717, 1.165) is 22.3 Å². The van der Waals surface area contributed by atoms with Gasteiger partial charge in [0.15, 0.2) is 0 Å². The Labute approximate surface area is 221 Å². The van der Waals surface area contributed by atoms with Gasteiger partial charge in [0.2, 0.25) is 0 Å². The van der Waals surface area contributed by atoms with Crippen LogP contribution in [0.25, 0.3) is 0 Å². The highest BCUT2D eigenvalue weighted by Crippen LogP contribution is 2.47. The van der Waals surface area contributed by atoms with Crippen molar-refractivity contribution in [2.24, 2.45) is 0 Å². The number of hydrogen-bond donors (Lipinski definition) is 1. The average molecular weight is 520 g/mol. The van der Waals surface area contributed by atoms with E-state index in [0.29, 0.717) is 11.7 Å². The molecule has 1 N–H and O–H groups in total. The third kappa shape index (κ3) is 6.72. The molecule has 0 radical (unpaired) electrons. The minimum atomic E-state index is -2.77. The first-order chi connectivity index (χ1) is 17.7. The molecule has 0 unspecified atom stereocenters. The molecule has 1 amide bonds. The molecule has 1 atom stereocenters.